The minimum atomic E-state index is -0.272. The highest BCUT2D eigenvalue weighted by molar-refractivity contribution is 7.13. The van der Waals surface area contributed by atoms with Crippen LogP contribution in [0.15, 0.2) is 5.38 Å². The van der Waals surface area contributed by atoms with Crippen molar-refractivity contribution in [3.63, 3.8) is 0 Å². The first-order valence-electron chi connectivity index (χ1n) is 5.85. The highest BCUT2D eigenvalue weighted by Crippen LogP contribution is 2.34. The molecule has 1 aromatic rings. The molecule has 0 saturated carbocycles. The Morgan fingerprint density at radius 3 is 2.94 bits per heavy atom. The van der Waals surface area contributed by atoms with Gasteiger partial charge in [-0.25, -0.2) is 4.98 Å². The number of anilines is 1. The Labute approximate surface area is 104 Å². The Bertz CT molecular complexity index is 392. The molecule has 0 aliphatic carbocycles. The molecule has 2 saturated heterocycles. The van der Waals surface area contributed by atoms with Gasteiger partial charge in [0.05, 0.1) is 19.3 Å². The first-order valence-corrected chi connectivity index (χ1v) is 6.73. The number of nitrogens with zero attached hydrogens (tertiary/aromatic N) is 2. The van der Waals surface area contributed by atoms with Gasteiger partial charge in [-0.05, 0) is 13.8 Å². The molecule has 0 bridgehead atoms. The van der Waals surface area contributed by atoms with Crippen LogP contribution in [-0.4, -0.2) is 37.1 Å². The van der Waals surface area contributed by atoms with Crippen LogP contribution in [0.25, 0.3) is 0 Å². The van der Waals surface area contributed by atoms with Crippen molar-refractivity contribution in [2.75, 3.05) is 24.7 Å². The third-order valence-corrected chi connectivity index (χ3v) is 3.89. The molecule has 94 valence electrons. The van der Waals surface area contributed by atoms with Gasteiger partial charge in [-0.1, -0.05) is 0 Å². The Hall–Kier alpha value is -0.690. The predicted molar refractivity (Wildman–Crippen MR) is 64.1 cm³/mol. The highest BCUT2D eigenvalue weighted by atomic mass is 32.1. The standard InChI is InChI=1S/C11H16N2O3S/c1-7-5-14-4-3-13(7)11-12-9(6-17-11)10-15-8(2)16-10/h6-8,10H,3-5H2,1-2H3/t7-,8?,10?/m0/s1. The van der Waals surface area contributed by atoms with Crippen LogP contribution in [-0.2, 0) is 14.2 Å². The van der Waals surface area contributed by atoms with Crippen LogP contribution in [0.2, 0.25) is 0 Å². The maximum absolute atomic E-state index is 5.43. The molecular formula is C11H16N2O3S. The molecular weight excluding hydrogens is 240 g/mol. The van der Waals surface area contributed by atoms with Crippen LogP contribution in [0.4, 0.5) is 5.13 Å². The average Bonchev–Trinajstić information content (AvgIpc) is 2.74. The normalized spacial score (nSPS) is 33.5. The van der Waals surface area contributed by atoms with E-state index in [1.807, 2.05) is 12.3 Å². The Morgan fingerprint density at radius 2 is 2.24 bits per heavy atom. The van der Waals surface area contributed by atoms with E-state index in [-0.39, 0.29) is 12.6 Å². The summed E-state index contributed by atoms with van der Waals surface area (Å²) in [6.45, 7) is 6.47. The molecule has 2 aliphatic rings. The first kappa shape index (κ1) is 11.4. The van der Waals surface area contributed by atoms with Gasteiger partial charge in [0.15, 0.2) is 11.4 Å². The van der Waals surface area contributed by atoms with Gasteiger partial charge in [-0.3, -0.25) is 0 Å². The van der Waals surface area contributed by atoms with Gasteiger partial charge < -0.3 is 19.1 Å². The number of morpholine rings is 1. The number of hydrogen-bond donors (Lipinski definition) is 0. The van der Waals surface area contributed by atoms with E-state index in [9.17, 15) is 0 Å². The van der Waals surface area contributed by atoms with Crippen LogP contribution in [0.3, 0.4) is 0 Å². The summed E-state index contributed by atoms with van der Waals surface area (Å²) >= 11 is 1.64. The molecule has 0 amide bonds. The summed E-state index contributed by atoms with van der Waals surface area (Å²) in [5, 5.41) is 3.04. The molecule has 6 heteroatoms. The molecule has 17 heavy (non-hydrogen) atoms. The highest BCUT2D eigenvalue weighted by Gasteiger charge is 2.31. The number of hydrogen-bond acceptors (Lipinski definition) is 6. The second kappa shape index (κ2) is 4.53. The molecule has 0 unspecified atom stereocenters. The van der Waals surface area contributed by atoms with Crippen LogP contribution in [0, 0.1) is 0 Å². The van der Waals surface area contributed by atoms with Crippen LogP contribution >= 0.6 is 11.3 Å². The number of thiazole rings is 1. The van der Waals surface area contributed by atoms with E-state index in [1.54, 1.807) is 11.3 Å². The monoisotopic (exact) mass is 256 g/mol. The van der Waals surface area contributed by atoms with Crippen LogP contribution < -0.4 is 4.90 Å². The second-order valence-electron chi connectivity index (χ2n) is 4.34. The summed E-state index contributed by atoms with van der Waals surface area (Å²) in [7, 11) is 0. The van der Waals surface area contributed by atoms with Crippen molar-refractivity contribution in [2.45, 2.75) is 32.5 Å². The van der Waals surface area contributed by atoms with Gasteiger partial charge in [0.2, 0.25) is 6.29 Å². The lowest BCUT2D eigenvalue weighted by Gasteiger charge is -2.34. The van der Waals surface area contributed by atoms with Gasteiger partial charge in [-0.2, -0.15) is 0 Å². The Balaban J connectivity index is 1.71. The predicted octanol–water partition coefficient (Wildman–Crippen LogP) is 1.76. The van der Waals surface area contributed by atoms with Gasteiger partial charge in [0.1, 0.15) is 5.69 Å². The summed E-state index contributed by atoms with van der Waals surface area (Å²) in [5.41, 5.74) is 0.877. The number of rotatable bonds is 2. The van der Waals surface area contributed by atoms with Crippen molar-refractivity contribution >= 4 is 16.5 Å². The summed E-state index contributed by atoms with van der Waals surface area (Å²) in [5.74, 6) is 0. The molecule has 3 heterocycles. The minimum absolute atomic E-state index is 0.104. The lowest BCUT2D eigenvalue weighted by Crippen LogP contribution is -2.43. The van der Waals surface area contributed by atoms with E-state index in [0.717, 1.165) is 30.6 Å². The molecule has 2 fully saturated rings. The summed E-state index contributed by atoms with van der Waals surface area (Å²) in [6, 6.07) is 0.380. The summed E-state index contributed by atoms with van der Waals surface area (Å²) < 4.78 is 16.3. The van der Waals surface area contributed by atoms with E-state index in [4.69, 9.17) is 14.2 Å². The van der Waals surface area contributed by atoms with E-state index < -0.39 is 0 Å². The summed E-state index contributed by atoms with van der Waals surface area (Å²) in [4.78, 5) is 6.86. The molecule has 1 aromatic heterocycles. The smallest absolute Gasteiger partial charge is 0.207 e. The maximum Gasteiger partial charge on any atom is 0.207 e. The number of aromatic nitrogens is 1. The second-order valence-corrected chi connectivity index (χ2v) is 5.18. The van der Waals surface area contributed by atoms with E-state index in [2.05, 4.69) is 16.8 Å². The fourth-order valence-corrected chi connectivity index (χ4v) is 2.98. The van der Waals surface area contributed by atoms with Gasteiger partial charge in [0.25, 0.3) is 0 Å². The molecule has 0 aromatic carbocycles. The molecule has 0 radical (unpaired) electrons. The lowest BCUT2D eigenvalue weighted by molar-refractivity contribution is -0.383. The molecule has 0 spiro atoms. The van der Waals surface area contributed by atoms with E-state index >= 15 is 0 Å². The van der Waals surface area contributed by atoms with Crippen molar-refractivity contribution in [3.05, 3.63) is 11.1 Å². The van der Waals surface area contributed by atoms with Gasteiger partial charge >= 0.3 is 0 Å². The van der Waals surface area contributed by atoms with Crippen molar-refractivity contribution < 1.29 is 14.2 Å². The molecule has 0 N–H and O–H groups in total. The number of ether oxygens (including phenoxy) is 3. The minimum Gasteiger partial charge on any atom is -0.377 e. The van der Waals surface area contributed by atoms with Crippen molar-refractivity contribution in [1.29, 1.82) is 0 Å². The third kappa shape index (κ3) is 2.18. The van der Waals surface area contributed by atoms with Crippen LogP contribution in [0.5, 0.6) is 0 Å². The Kier molecular flexibility index (Phi) is 3.04. The van der Waals surface area contributed by atoms with E-state index in [0.29, 0.717) is 6.04 Å². The van der Waals surface area contributed by atoms with E-state index in [1.165, 1.54) is 0 Å². The molecule has 3 rings (SSSR count). The topological polar surface area (TPSA) is 43.8 Å². The van der Waals surface area contributed by atoms with Crippen LogP contribution in [0.1, 0.15) is 25.8 Å². The maximum atomic E-state index is 5.43. The van der Waals surface area contributed by atoms with Crippen molar-refractivity contribution in [2.24, 2.45) is 0 Å². The fraction of sp³-hybridized carbons (Fsp3) is 0.727. The van der Waals surface area contributed by atoms with Crippen molar-refractivity contribution in [1.82, 2.24) is 4.98 Å². The molecule has 1 atom stereocenters. The zero-order valence-corrected chi connectivity index (χ0v) is 10.8. The molecule has 5 nitrogen and oxygen atoms in total. The SMILES string of the molecule is CC1OC(c2csc(N3CCOC[C@@H]3C)n2)O1. The third-order valence-electron chi connectivity index (χ3n) is 3.00. The first-order chi connectivity index (χ1) is 8.24. The fourth-order valence-electron chi connectivity index (χ4n) is 2.03. The Morgan fingerprint density at radius 1 is 1.41 bits per heavy atom. The van der Waals surface area contributed by atoms with Gasteiger partial charge in [-0.15, -0.1) is 11.3 Å². The molecule has 2 aliphatic heterocycles. The summed E-state index contributed by atoms with van der Waals surface area (Å²) in [6.07, 6.45) is -0.376. The lowest BCUT2D eigenvalue weighted by atomic mass is 10.3. The van der Waals surface area contributed by atoms with Crippen molar-refractivity contribution in [3.8, 4) is 0 Å². The zero-order chi connectivity index (χ0) is 11.8. The van der Waals surface area contributed by atoms with Gasteiger partial charge in [0, 0.05) is 11.9 Å². The zero-order valence-electron chi connectivity index (χ0n) is 9.96. The average molecular weight is 256 g/mol. The largest absolute Gasteiger partial charge is 0.377 e. The quantitative estimate of drug-likeness (QED) is 0.806.